The van der Waals surface area contributed by atoms with Gasteiger partial charge in [-0.1, -0.05) is 37.3 Å². The molecule has 150 valence electrons. The summed E-state index contributed by atoms with van der Waals surface area (Å²) in [6.45, 7) is 4.71. The lowest BCUT2D eigenvalue weighted by Gasteiger charge is -2.27. The van der Waals surface area contributed by atoms with Crippen molar-refractivity contribution in [2.75, 3.05) is 21.3 Å². The monoisotopic (exact) mass is 383 g/mol. The third kappa shape index (κ3) is 5.28. The van der Waals surface area contributed by atoms with E-state index in [1.807, 2.05) is 35.2 Å². The Morgan fingerprint density at radius 1 is 1.00 bits per heavy atom. The molecule has 0 heterocycles. The first kappa shape index (κ1) is 21.4. The van der Waals surface area contributed by atoms with Gasteiger partial charge in [0.15, 0.2) is 11.5 Å². The number of rotatable bonds is 9. The molecule has 2 rings (SSSR count). The molecular weight excluding hydrogens is 354 g/mol. The van der Waals surface area contributed by atoms with Crippen LogP contribution in [0, 0.1) is 0 Å². The van der Waals surface area contributed by atoms with Crippen molar-refractivity contribution in [3.8, 4) is 17.2 Å². The predicted molar refractivity (Wildman–Crippen MR) is 112 cm³/mol. The van der Waals surface area contributed by atoms with E-state index in [2.05, 4.69) is 13.8 Å². The summed E-state index contributed by atoms with van der Waals surface area (Å²) in [5, 5.41) is 0. The van der Waals surface area contributed by atoms with Crippen LogP contribution in [0.4, 0.5) is 0 Å². The lowest BCUT2D eigenvalue weighted by molar-refractivity contribution is -0.128. The summed E-state index contributed by atoms with van der Waals surface area (Å²) in [6, 6.07) is 13.7. The Balaban J connectivity index is 2.28. The Kier molecular flexibility index (Phi) is 7.93. The second-order valence-corrected chi connectivity index (χ2v) is 6.49. The maximum Gasteiger partial charge on any atom is 0.247 e. The van der Waals surface area contributed by atoms with Gasteiger partial charge in [-0.2, -0.15) is 0 Å². The molecule has 0 bridgehead atoms. The van der Waals surface area contributed by atoms with Crippen LogP contribution >= 0.6 is 0 Å². The molecule has 2 aromatic rings. The molecule has 0 spiro atoms. The van der Waals surface area contributed by atoms with E-state index in [0.29, 0.717) is 23.8 Å². The Labute approximate surface area is 167 Å². The van der Waals surface area contributed by atoms with Crippen LogP contribution in [-0.4, -0.2) is 38.2 Å². The minimum Gasteiger partial charge on any atom is -0.496 e. The van der Waals surface area contributed by atoms with Crippen molar-refractivity contribution in [3.63, 3.8) is 0 Å². The number of carbonyl (C=O) groups is 1. The van der Waals surface area contributed by atoms with E-state index >= 15 is 0 Å². The van der Waals surface area contributed by atoms with Crippen molar-refractivity contribution >= 4 is 12.0 Å². The summed E-state index contributed by atoms with van der Waals surface area (Å²) in [6.07, 6.45) is 4.22. The molecule has 1 atom stereocenters. The lowest BCUT2D eigenvalue weighted by atomic mass is 10.1. The zero-order valence-electron chi connectivity index (χ0n) is 17.3. The third-order valence-corrected chi connectivity index (χ3v) is 4.74. The lowest BCUT2D eigenvalue weighted by Crippen LogP contribution is -2.36. The summed E-state index contributed by atoms with van der Waals surface area (Å²) < 4.78 is 16.1. The number of carbonyl (C=O) groups excluding carboxylic acids is 1. The van der Waals surface area contributed by atoms with E-state index in [-0.39, 0.29) is 11.9 Å². The molecular formula is C23H29NO4. The molecule has 1 amide bonds. The minimum atomic E-state index is -0.0463. The molecule has 5 nitrogen and oxygen atoms in total. The van der Waals surface area contributed by atoms with E-state index in [1.165, 1.54) is 0 Å². The van der Waals surface area contributed by atoms with Crippen molar-refractivity contribution in [1.82, 2.24) is 4.90 Å². The topological polar surface area (TPSA) is 48.0 Å². The van der Waals surface area contributed by atoms with E-state index in [4.69, 9.17) is 14.2 Å². The highest BCUT2D eigenvalue weighted by molar-refractivity contribution is 5.92. The molecule has 0 radical (unpaired) electrons. The van der Waals surface area contributed by atoms with Crippen molar-refractivity contribution < 1.29 is 19.0 Å². The van der Waals surface area contributed by atoms with Crippen LogP contribution in [0.1, 0.15) is 31.4 Å². The van der Waals surface area contributed by atoms with Crippen molar-refractivity contribution in [2.45, 2.75) is 32.9 Å². The number of hydrogen-bond acceptors (Lipinski definition) is 4. The molecule has 0 aliphatic heterocycles. The van der Waals surface area contributed by atoms with Crippen molar-refractivity contribution in [2.24, 2.45) is 0 Å². The minimum absolute atomic E-state index is 0.0463. The number of nitrogens with zero attached hydrogens (tertiary/aromatic N) is 1. The number of benzene rings is 2. The predicted octanol–water partition coefficient (Wildman–Crippen LogP) is 4.55. The molecule has 1 unspecified atom stereocenters. The Morgan fingerprint density at radius 2 is 1.61 bits per heavy atom. The Bertz CT molecular complexity index is 802. The summed E-state index contributed by atoms with van der Waals surface area (Å²) >= 11 is 0. The van der Waals surface area contributed by atoms with E-state index < -0.39 is 0 Å². The van der Waals surface area contributed by atoms with Gasteiger partial charge in [0.1, 0.15) is 5.75 Å². The van der Waals surface area contributed by atoms with E-state index in [0.717, 1.165) is 17.5 Å². The van der Waals surface area contributed by atoms with Gasteiger partial charge in [-0.15, -0.1) is 0 Å². The van der Waals surface area contributed by atoms with E-state index in [9.17, 15) is 4.79 Å². The summed E-state index contributed by atoms with van der Waals surface area (Å²) in [5.74, 6) is 1.72. The normalized spacial score (nSPS) is 11.9. The van der Waals surface area contributed by atoms with E-state index in [1.54, 1.807) is 45.6 Å². The first-order valence-electron chi connectivity index (χ1n) is 9.36. The van der Waals surface area contributed by atoms with Crippen LogP contribution < -0.4 is 14.2 Å². The van der Waals surface area contributed by atoms with Crippen LogP contribution in [0.25, 0.3) is 6.08 Å². The van der Waals surface area contributed by atoms with Gasteiger partial charge in [-0.25, -0.2) is 0 Å². The van der Waals surface area contributed by atoms with Gasteiger partial charge in [0.25, 0.3) is 0 Å². The largest absolute Gasteiger partial charge is 0.496 e. The van der Waals surface area contributed by atoms with Gasteiger partial charge in [0.05, 0.1) is 21.3 Å². The number of ether oxygens (including phenoxy) is 3. The zero-order valence-corrected chi connectivity index (χ0v) is 17.3. The van der Waals surface area contributed by atoms with Gasteiger partial charge >= 0.3 is 0 Å². The van der Waals surface area contributed by atoms with Crippen LogP contribution in [0.3, 0.4) is 0 Å². The number of hydrogen-bond donors (Lipinski definition) is 0. The van der Waals surface area contributed by atoms with Gasteiger partial charge < -0.3 is 19.1 Å². The van der Waals surface area contributed by atoms with Gasteiger partial charge in [-0.05, 0) is 31.1 Å². The summed E-state index contributed by atoms with van der Waals surface area (Å²) in [5.41, 5.74) is 1.85. The second-order valence-electron chi connectivity index (χ2n) is 6.49. The van der Waals surface area contributed by atoms with Gasteiger partial charge in [0, 0.05) is 30.3 Å². The van der Waals surface area contributed by atoms with Crippen LogP contribution in [0.5, 0.6) is 17.2 Å². The average Bonchev–Trinajstić information content (AvgIpc) is 2.75. The zero-order chi connectivity index (χ0) is 20.5. The molecule has 0 N–H and O–H groups in total. The van der Waals surface area contributed by atoms with Crippen molar-refractivity contribution in [1.29, 1.82) is 0 Å². The first-order chi connectivity index (χ1) is 13.5. The molecule has 0 aliphatic carbocycles. The molecule has 0 aliphatic rings. The van der Waals surface area contributed by atoms with Crippen molar-refractivity contribution in [3.05, 3.63) is 59.7 Å². The molecule has 0 saturated carbocycles. The molecule has 2 aromatic carbocycles. The fourth-order valence-corrected chi connectivity index (χ4v) is 2.89. The van der Waals surface area contributed by atoms with Crippen LogP contribution in [0.15, 0.2) is 48.5 Å². The molecule has 28 heavy (non-hydrogen) atoms. The Hall–Kier alpha value is -2.95. The SMILES string of the molecule is CCC(C)N(Cc1ccccc1)C(=O)/C=C/c1cc(OC)c(OC)cc1OC. The fourth-order valence-electron chi connectivity index (χ4n) is 2.89. The van der Waals surface area contributed by atoms with Crippen LogP contribution in [0.2, 0.25) is 0 Å². The highest BCUT2D eigenvalue weighted by atomic mass is 16.5. The summed E-state index contributed by atoms with van der Waals surface area (Å²) in [4.78, 5) is 14.8. The van der Waals surface area contributed by atoms with Crippen LogP contribution in [-0.2, 0) is 11.3 Å². The highest BCUT2D eigenvalue weighted by Crippen LogP contribution is 2.35. The second kappa shape index (κ2) is 10.4. The molecule has 0 fully saturated rings. The third-order valence-electron chi connectivity index (χ3n) is 4.74. The standard InChI is InChI=1S/C23H29NO4/c1-6-17(2)24(16-18-10-8-7-9-11-18)23(25)13-12-19-14-21(27-4)22(28-5)15-20(19)26-3/h7-15,17H,6,16H2,1-5H3/b13-12+. The smallest absolute Gasteiger partial charge is 0.247 e. The number of methoxy groups -OCH3 is 3. The van der Waals surface area contributed by atoms with Gasteiger partial charge in [-0.3, -0.25) is 4.79 Å². The molecule has 0 saturated heterocycles. The summed E-state index contributed by atoms with van der Waals surface area (Å²) in [7, 11) is 4.73. The Morgan fingerprint density at radius 3 is 2.18 bits per heavy atom. The fraction of sp³-hybridized carbons (Fsp3) is 0.348. The molecule has 5 heteroatoms. The maximum atomic E-state index is 12.9. The maximum absolute atomic E-state index is 12.9. The van der Waals surface area contributed by atoms with Gasteiger partial charge in [0.2, 0.25) is 5.91 Å². The quantitative estimate of drug-likeness (QED) is 0.596. The average molecular weight is 383 g/mol. The first-order valence-corrected chi connectivity index (χ1v) is 9.36. The molecule has 0 aromatic heterocycles. The number of amides is 1. The highest BCUT2D eigenvalue weighted by Gasteiger charge is 2.17.